The van der Waals surface area contributed by atoms with Gasteiger partial charge in [-0.05, 0) is 44.9 Å². The van der Waals surface area contributed by atoms with Gasteiger partial charge >= 0.3 is 6.03 Å². The lowest BCUT2D eigenvalue weighted by molar-refractivity contribution is -0.0730. The third-order valence-corrected chi connectivity index (χ3v) is 5.49. The predicted molar refractivity (Wildman–Crippen MR) is 89.9 cm³/mol. The number of nitrogens with zero attached hydrogens (tertiary/aromatic N) is 1. The van der Waals surface area contributed by atoms with Crippen LogP contribution in [0.4, 0.5) is 13.6 Å². The van der Waals surface area contributed by atoms with Gasteiger partial charge in [-0.2, -0.15) is 0 Å². The predicted octanol–water partition coefficient (Wildman–Crippen LogP) is 3.32. The van der Waals surface area contributed by atoms with Gasteiger partial charge in [-0.1, -0.05) is 0 Å². The number of carbonyl (C=O) groups is 1. The van der Waals surface area contributed by atoms with Crippen LogP contribution in [0.25, 0.3) is 0 Å². The van der Waals surface area contributed by atoms with Crippen LogP contribution in [-0.4, -0.2) is 61.4 Å². The Morgan fingerprint density at radius 1 is 1.16 bits per heavy atom. The number of ether oxygens (including phenoxy) is 2. The molecule has 144 valence electrons. The second-order valence-electron chi connectivity index (χ2n) is 7.61. The average molecular weight is 360 g/mol. The summed E-state index contributed by atoms with van der Waals surface area (Å²) in [4.78, 5) is 14.0. The minimum Gasteiger partial charge on any atom is -0.376 e. The van der Waals surface area contributed by atoms with Crippen LogP contribution in [0.2, 0.25) is 0 Å². The van der Waals surface area contributed by atoms with Crippen LogP contribution < -0.4 is 5.32 Å². The lowest BCUT2D eigenvalue weighted by Crippen LogP contribution is -2.51. The van der Waals surface area contributed by atoms with Crippen molar-refractivity contribution in [2.75, 3.05) is 26.3 Å². The van der Waals surface area contributed by atoms with Crippen LogP contribution >= 0.6 is 0 Å². The SMILES string of the molecule is O=C(NC1CCCC(F)(F)C1)N1CCC(OCC2CCCCO2)CC1. The van der Waals surface area contributed by atoms with Crippen molar-refractivity contribution >= 4 is 6.03 Å². The zero-order valence-corrected chi connectivity index (χ0v) is 14.9. The number of likely N-dealkylation sites (tertiary alicyclic amines) is 1. The maximum absolute atomic E-state index is 13.4. The second-order valence-corrected chi connectivity index (χ2v) is 7.61. The number of amides is 2. The van der Waals surface area contributed by atoms with E-state index >= 15 is 0 Å². The lowest BCUT2D eigenvalue weighted by atomic mass is 9.92. The van der Waals surface area contributed by atoms with Gasteiger partial charge in [0.15, 0.2) is 0 Å². The molecule has 0 spiro atoms. The Balaban J connectivity index is 1.34. The van der Waals surface area contributed by atoms with E-state index in [1.807, 2.05) is 0 Å². The molecule has 0 bridgehead atoms. The Bertz CT molecular complexity index is 436. The molecule has 2 atom stereocenters. The molecule has 0 aromatic carbocycles. The number of halogens is 2. The van der Waals surface area contributed by atoms with Crippen molar-refractivity contribution in [3.8, 4) is 0 Å². The van der Waals surface area contributed by atoms with Crippen LogP contribution in [0.5, 0.6) is 0 Å². The third kappa shape index (κ3) is 5.78. The summed E-state index contributed by atoms with van der Waals surface area (Å²) in [6, 6.07) is -0.620. The highest BCUT2D eigenvalue weighted by Gasteiger charge is 2.37. The molecule has 1 saturated carbocycles. The molecule has 3 fully saturated rings. The monoisotopic (exact) mass is 360 g/mol. The quantitative estimate of drug-likeness (QED) is 0.837. The molecule has 1 aliphatic carbocycles. The fraction of sp³-hybridized carbons (Fsp3) is 0.944. The first kappa shape index (κ1) is 18.8. The standard InChI is InChI=1S/C18H30F2N2O3/c19-18(20)8-3-4-14(12-18)21-17(23)22-9-6-15(7-10-22)25-13-16-5-1-2-11-24-16/h14-16H,1-13H2,(H,21,23). The minimum absolute atomic E-state index is 0.0627. The van der Waals surface area contributed by atoms with Crippen molar-refractivity contribution < 1.29 is 23.0 Å². The molecule has 2 heterocycles. The maximum atomic E-state index is 13.4. The summed E-state index contributed by atoms with van der Waals surface area (Å²) in [6.45, 7) is 2.69. The summed E-state index contributed by atoms with van der Waals surface area (Å²) >= 11 is 0. The minimum atomic E-state index is -2.64. The van der Waals surface area contributed by atoms with Crippen LogP contribution in [0, 0.1) is 0 Å². The molecule has 0 radical (unpaired) electrons. The van der Waals surface area contributed by atoms with Crippen LogP contribution in [0.3, 0.4) is 0 Å². The lowest BCUT2D eigenvalue weighted by Gasteiger charge is -2.35. The summed E-state index contributed by atoms with van der Waals surface area (Å²) < 4.78 is 38.5. The van der Waals surface area contributed by atoms with E-state index in [9.17, 15) is 13.6 Å². The number of urea groups is 1. The number of rotatable bonds is 4. The molecule has 2 unspecified atom stereocenters. The normalized spacial score (nSPS) is 30.9. The summed E-state index contributed by atoms with van der Waals surface area (Å²) in [7, 11) is 0. The molecule has 7 heteroatoms. The Morgan fingerprint density at radius 2 is 1.96 bits per heavy atom. The van der Waals surface area contributed by atoms with Crippen LogP contribution in [0.1, 0.15) is 57.8 Å². The van der Waals surface area contributed by atoms with Gasteiger partial charge in [0.25, 0.3) is 0 Å². The van der Waals surface area contributed by atoms with Gasteiger partial charge in [-0.25, -0.2) is 13.6 Å². The van der Waals surface area contributed by atoms with Crippen LogP contribution in [0.15, 0.2) is 0 Å². The molecule has 25 heavy (non-hydrogen) atoms. The van der Waals surface area contributed by atoms with E-state index in [-0.39, 0.29) is 31.1 Å². The molecule has 5 nitrogen and oxygen atoms in total. The fourth-order valence-electron chi connectivity index (χ4n) is 3.97. The van der Waals surface area contributed by atoms with Gasteiger partial charge in [-0.3, -0.25) is 0 Å². The van der Waals surface area contributed by atoms with E-state index in [0.717, 1.165) is 32.3 Å². The third-order valence-electron chi connectivity index (χ3n) is 5.49. The first-order chi connectivity index (χ1) is 12.0. The van der Waals surface area contributed by atoms with Gasteiger partial charge in [0.05, 0.1) is 18.8 Å². The fourth-order valence-corrected chi connectivity index (χ4v) is 3.97. The smallest absolute Gasteiger partial charge is 0.317 e. The van der Waals surface area contributed by atoms with Crippen LogP contribution in [-0.2, 0) is 9.47 Å². The highest BCUT2D eigenvalue weighted by Crippen LogP contribution is 2.33. The molecule has 2 amide bonds. The van der Waals surface area contributed by atoms with Gasteiger partial charge in [0, 0.05) is 38.6 Å². The zero-order valence-electron chi connectivity index (χ0n) is 14.9. The number of nitrogens with one attached hydrogen (secondary N) is 1. The summed E-state index contributed by atoms with van der Waals surface area (Å²) in [5, 5.41) is 2.79. The van der Waals surface area contributed by atoms with E-state index in [0.29, 0.717) is 32.5 Å². The first-order valence-corrected chi connectivity index (χ1v) is 9.68. The maximum Gasteiger partial charge on any atom is 0.317 e. The van der Waals surface area contributed by atoms with Crippen molar-refractivity contribution in [1.82, 2.24) is 10.2 Å². The first-order valence-electron chi connectivity index (χ1n) is 9.68. The number of hydrogen-bond donors (Lipinski definition) is 1. The van der Waals surface area contributed by atoms with Crippen molar-refractivity contribution in [2.24, 2.45) is 0 Å². The van der Waals surface area contributed by atoms with Crippen molar-refractivity contribution in [1.29, 1.82) is 0 Å². The largest absolute Gasteiger partial charge is 0.376 e. The molecule has 2 saturated heterocycles. The topological polar surface area (TPSA) is 50.8 Å². The number of carbonyl (C=O) groups excluding carboxylic acids is 1. The number of alkyl halides is 2. The molecule has 2 aliphatic heterocycles. The molecule has 3 rings (SSSR count). The Kier molecular flexibility index (Phi) is 6.49. The molecule has 0 aromatic rings. The van der Waals surface area contributed by atoms with Gasteiger partial charge < -0.3 is 19.7 Å². The van der Waals surface area contributed by atoms with Gasteiger partial charge in [0.2, 0.25) is 5.92 Å². The zero-order chi connectivity index (χ0) is 17.7. The molecule has 3 aliphatic rings. The summed E-state index contributed by atoms with van der Waals surface area (Å²) in [6.07, 6.45) is 6.17. The summed E-state index contributed by atoms with van der Waals surface area (Å²) in [5.74, 6) is -2.64. The molecule has 1 N–H and O–H groups in total. The Labute approximate surface area is 148 Å². The second kappa shape index (κ2) is 8.62. The Hall–Kier alpha value is -0.950. The van der Waals surface area contributed by atoms with Crippen molar-refractivity contribution in [3.05, 3.63) is 0 Å². The van der Waals surface area contributed by atoms with E-state index in [4.69, 9.17) is 9.47 Å². The van der Waals surface area contributed by atoms with Gasteiger partial charge in [-0.15, -0.1) is 0 Å². The van der Waals surface area contributed by atoms with E-state index in [1.165, 1.54) is 6.42 Å². The van der Waals surface area contributed by atoms with Crippen molar-refractivity contribution in [3.63, 3.8) is 0 Å². The van der Waals surface area contributed by atoms with E-state index in [2.05, 4.69) is 5.32 Å². The number of piperidine rings is 1. The van der Waals surface area contributed by atoms with Crippen molar-refractivity contribution in [2.45, 2.75) is 82.0 Å². The van der Waals surface area contributed by atoms with E-state index < -0.39 is 12.0 Å². The highest BCUT2D eigenvalue weighted by atomic mass is 19.3. The molecular formula is C18H30F2N2O3. The Morgan fingerprint density at radius 3 is 2.64 bits per heavy atom. The summed E-state index contributed by atoms with van der Waals surface area (Å²) in [5.41, 5.74) is 0. The molecular weight excluding hydrogens is 330 g/mol. The number of hydrogen-bond acceptors (Lipinski definition) is 3. The molecule has 0 aromatic heterocycles. The van der Waals surface area contributed by atoms with E-state index in [1.54, 1.807) is 4.90 Å². The highest BCUT2D eigenvalue weighted by molar-refractivity contribution is 5.74. The van der Waals surface area contributed by atoms with Gasteiger partial charge in [0.1, 0.15) is 0 Å². The average Bonchev–Trinajstić information content (AvgIpc) is 2.60.